The zero-order valence-corrected chi connectivity index (χ0v) is 13.1. The molecule has 0 bridgehead atoms. The first-order valence-corrected chi connectivity index (χ1v) is 8.04. The first kappa shape index (κ1) is 13.3. The Hall–Kier alpha value is -0.150. The lowest BCUT2D eigenvalue weighted by atomic mass is 9.82. The highest BCUT2D eigenvalue weighted by molar-refractivity contribution is 9.10. The minimum atomic E-state index is 0.391. The summed E-state index contributed by atoms with van der Waals surface area (Å²) in [5.41, 5.74) is 2.90. The van der Waals surface area contributed by atoms with Crippen LogP contribution in [0.5, 0.6) is 0 Å². The molecule has 0 amide bonds. The maximum Gasteiger partial charge on any atom is 0.0403 e. The monoisotopic (exact) mass is 313 g/mol. The van der Waals surface area contributed by atoms with Crippen LogP contribution in [0, 0.1) is 12.3 Å². The standard InChI is InChI=1S/C14H20BrNS/c1-10-4-5-11(8-12(10)15)16-13-9-17-7-6-14(13,2)3/h4-5,8,13,16H,6-7,9H2,1-3H3. The minimum Gasteiger partial charge on any atom is -0.381 e. The van der Waals surface area contributed by atoms with E-state index in [0.717, 1.165) is 0 Å². The predicted octanol–water partition coefficient (Wildman–Crippen LogP) is 4.70. The number of nitrogens with one attached hydrogen (secondary N) is 1. The van der Waals surface area contributed by atoms with E-state index < -0.39 is 0 Å². The molecule has 1 nitrogen and oxygen atoms in total. The lowest BCUT2D eigenvalue weighted by Crippen LogP contribution is -2.41. The van der Waals surface area contributed by atoms with Crippen LogP contribution in [0.1, 0.15) is 25.8 Å². The summed E-state index contributed by atoms with van der Waals surface area (Å²) < 4.78 is 1.18. The van der Waals surface area contributed by atoms with Crippen LogP contribution >= 0.6 is 27.7 Å². The molecule has 0 aromatic heterocycles. The van der Waals surface area contributed by atoms with Gasteiger partial charge in [-0.25, -0.2) is 0 Å². The van der Waals surface area contributed by atoms with Gasteiger partial charge >= 0.3 is 0 Å². The highest BCUT2D eigenvalue weighted by Crippen LogP contribution is 2.36. The Kier molecular flexibility index (Phi) is 4.09. The van der Waals surface area contributed by atoms with Gasteiger partial charge in [0, 0.05) is 22.0 Å². The Morgan fingerprint density at radius 2 is 2.18 bits per heavy atom. The van der Waals surface area contributed by atoms with E-state index in [9.17, 15) is 0 Å². The van der Waals surface area contributed by atoms with Crippen molar-refractivity contribution in [2.24, 2.45) is 5.41 Å². The fourth-order valence-electron chi connectivity index (χ4n) is 2.06. The van der Waals surface area contributed by atoms with Gasteiger partial charge in [0.25, 0.3) is 0 Å². The molecule has 0 radical (unpaired) electrons. The molecule has 1 unspecified atom stereocenters. The topological polar surface area (TPSA) is 12.0 Å². The number of hydrogen-bond donors (Lipinski definition) is 1. The molecular weight excluding hydrogens is 294 g/mol. The largest absolute Gasteiger partial charge is 0.381 e. The van der Waals surface area contributed by atoms with E-state index in [4.69, 9.17) is 0 Å². The van der Waals surface area contributed by atoms with Crippen molar-refractivity contribution in [3.05, 3.63) is 28.2 Å². The van der Waals surface area contributed by atoms with Gasteiger partial charge in [-0.15, -0.1) is 0 Å². The molecule has 94 valence electrons. The third kappa shape index (κ3) is 3.19. The molecular formula is C14H20BrNS. The lowest BCUT2D eigenvalue weighted by molar-refractivity contribution is 0.305. The van der Waals surface area contributed by atoms with E-state index >= 15 is 0 Å². The van der Waals surface area contributed by atoms with Crippen LogP contribution in [0.15, 0.2) is 22.7 Å². The molecule has 0 saturated carbocycles. The van der Waals surface area contributed by atoms with Gasteiger partial charge < -0.3 is 5.32 Å². The second-order valence-corrected chi connectivity index (χ2v) is 7.48. The molecule has 17 heavy (non-hydrogen) atoms. The summed E-state index contributed by atoms with van der Waals surface area (Å²) in [4.78, 5) is 0. The van der Waals surface area contributed by atoms with Crippen LogP contribution in [0.2, 0.25) is 0 Å². The zero-order chi connectivity index (χ0) is 12.5. The molecule has 3 heteroatoms. The van der Waals surface area contributed by atoms with Gasteiger partial charge in [-0.1, -0.05) is 35.8 Å². The number of anilines is 1. The van der Waals surface area contributed by atoms with E-state index in [1.807, 2.05) is 0 Å². The molecule has 1 aromatic carbocycles. The second-order valence-electron chi connectivity index (χ2n) is 5.47. The van der Waals surface area contributed by atoms with Gasteiger partial charge in [0.1, 0.15) is 0 Å². The van der Waals surface area contributed by atoms with E-state index in [0.29, 0.717) is 11.5 Å². The molecule has 1 N–H and O–H groups in total. The van der Waals surface area contributed by atoms with Gasteiger partial charge in [0.15, 0.2) is 0 Å². The normalized spacial score (nSPS) is 23.4. The molecule has 0 aliphatic carbocycles. The molecule has 0 spiro atoms. The maximum atomic E-state index is 3.69. The van der Waals surface area contributed by atoms with Crippen molar-refractivity contribution >= 4 is 33.4 Å². The van der Waals surface area contributed by atoms with Crippen LogP contribution in [-0.2, 0) is 0 Å². The third-order valence-electron chi connectivity index (χ3n) is 3.63. The number of thioether (sulfide) groups is 1. The van der Waals surface area contributed by atoms with Crippen molar-refractivity contribution < 1.29 is 0 Å². The first-order valence-electron chi connectivity index (χ1n) is 6.09. The summed E-state index contributed by atoms with van der Waals surface area (Å²) >= 11 is 5.65. The fourth-order valence-corrected chi connectivity index (χ4v) is 4.04. The highest BCUT2D eigenvalue weighted by atomic mass is 79.9. The number of halogens is 1. The summed E-state index contributed by atoms with van der Waals surface area (Å²) in [6.45, 7) is 6.86. The molecule has 1 atom stereocenters. The number of aryl methyl sites for hydroxylation is 1. The SMILES string of the molecule is Cc1ccc(NC2CSCCC2(C)C)cc1Br. The van der Waals surface area contributed by atoms with Crippen LogP contribution in [0.4, 0.5) is 5.69 Å². The molecule has 1 fully saturated rings. The van der Waals surface area contributed by atoms with Crippen molar-refractivity contribution in [2.75, 3.05) is 16.8 Å². The van der Waals surface area contributed by atoms with Crippen LogP contribution < -0.4 is 5.32 Å². The molecule has 1 heterocycles. The number of benzene rings is 1. The zero-order valence-electron chi connectivity index (χ0n) is 10.7. The first-order chi connectivity index (χ1) is 7.99. The Morgan fingerprint density at radius 1 is 1.41 bits per heavy atom. The average Bonchev–Trinajstić information content (AvgIpc) is 2.26. The van der Waals surface area contributed by atoms with E-state index in [2.05, 4.69) is 72.0 Å². The lowest BCUT2D eigenvalue weighted by Gasteiger charge is -2.39. The summed E-state index contributed by atoms with van der Waals surface area (Å²) in [7, 11) is 0. The van der Waals surface area contributed by atoms with Crippen molar-refractivity contribution in [3.63, 3.8) is 0 Å². The Balaban J connectivity index is 2.11. The van der Waals surface area contributed by atoms with Crippen LogP contribution in [-0.4, -0.2) is 17.5 Å². The van der Waals surface area contributed by atoms with Crippen molar-refractivity contribution in [1.82, 2.24) is 0 Å². The predicted molar refractivity (Wildman–Crippen MR) is 82.0 cm³/mol. The van der Waals surface area contributed by atoms with E-state index in [1.165, 1.54) is 33.7 Å². The van der Waals surface area contributed by atoms with Gasteiger partial charge in [-0.2, -0.15) is 11.8 Å². The summed E-state index contributed by atoms with van der Waals surface area (Å²) in [5, 5.41) is 3.69. The molecule has 1 aliphatic heterocycles. The fraction of sp³-hybridized carbons (Fsp3) is 0.571. The summed E-state index contributed by atoms with van der Waals surface area (Å²) in [5.74, 6) is 2.50. The van der Waals surface area contributed by atoms with E-state index in [-0.39, 0.29) is 0 Å². The molecule has 1 saturated heterocycles. The number of rotatable bonds is 2. The van der Waals surface area contributed by atoms with Gasteiger partial charge in [-0.3, -0.25) is 0 Å². The van der Waals surface area contributed by atoms with Crippen molar-refractivity contribution in [2.45, 2.75) is 33.2 Å². The van der Waals surface area contributed by atoms with Gasteiger partial charge in [0.05, 0.1) is 0 Å². The van der Waals surface area contributed by atoms with Crippen molar-refractivity contribution in [3.8, 4) is 0 Å². The smallest absolute Gasteiger partial charge is 0.0403 e. The van der Waals surface area contributed by atoms with Crippen molar-refractivity contribution in [1.29, 1.82) is 0 Å². The Labute approximate surface area is 117 Å². The number of hydrogen-bond acceptors (Lipinski definition) is 2. The maximum absolute atomic E-state index is 3.69. The van der Waals surface area contributed by atoms with E-state index in [1.54, 1.807) is 0 Å². The highest BCUT2D eigenvalue weighted by Gasteiger charge is 2.32. The van der Waals surface area contributed by atoms with Gasteiger partial charge in [0.2, 0.25) is 0 Å². The Morgan fingerprint density at radius 3 is 2.82 bits per heavy atom. The van der Waals surface area contributed by atoms with Crippen LogP contribution in [0.3, 0.4) is 0 Å². The average molecular weight is 314 g/mol. The molecule has 1 aliphatic rings. The van der Waals surface area contributed by atoms with Crippen LogP contribution in [0.25, 0.3) is 0 Å². The van der Waals surface area contributed by atoms with Gasteiger partial charge in [-0.05, 0) is 42.2 Å². The molecule has 2 rings (SSSR count). The summed E-state index contributed by atoms with van der Waals surface area (Å²) in [6, 6.07) is 7.09. The summed E-state index contributed by atoms with van der Waals surface area (Å²) in [6.07, 6.45) is 1.29. The molecule has 1 aromatic rings. The Bertz CT molecular complexity index is 403. The minimum absolute atomic E-state index is 0.391. The second kappa shape index (κ2) is 5.23. The quantitative estimate of drug-likeness (QED) is 0.849. The third-order valence-corrected chi connectivity index (χ3v) is 5.55.